The van der Waals surface area contributed by atoms with Gasteiger partial charge in [0.1, 0.15) is 5.75 Å². The summed E-state index contributed by atoms with van der Waals surface area (Å²) in [4.78, 5) is 16.5. The van der Waals surface area contributed by atoms with Gasteiger partial charge in [-0.2, -0.15) is 4.98 Å². The highest BCUT2D eigenvalue weighted by atomic mass is 16.5. The minimum absolute atomic E-state index is 0.152. The van der Waals surface area contributed by atoms with Gasteiger partial charge in [0.2, 0.25) is 11.7 Å². The third-order valence-electron chi connectivity index (χ3n) is 3.86. The predicted molar refractivity (Wildman–Crippen MR) is 97.6 cm³/mol. The van der Waals surface area contributed by atoms with E-state index < -0.39 is 6.10 Å². The number of benzene rings is 2. The van der Waals surface area contributed by atoms with Crippen LogP contribution in [-0.2, 0) is 11.3 Å². The van der Waals surface area contributed by atoms with Crippen LogP contribution < -0.4 is 10.1 Å². The SMILES string of the molecule is Cc1ccc(O[C@@H](C)C(=O)NCc2nc(-c3cccc(C)c3)no2)cc1. The topological polar surface area (TPSA) is 77.2 Å². The molecule has 1 amide bonds. The highest BCUT2D eigenvalue weighted by Crippen LogP contribution is 2.17. The van der Waals surface area contributed by atoms with Crippen LogP contribution in [0.2, 0.25) is 0 Å². The summed E-state index contributed by atoms with van der Waals surface area (Å²) < 4.78 is 10.8. The van der Waals surface area contributed by atoms with Crippen molar-refractivity contribution in [3.05, 3.63) is 65.5 Å². The summed E-state index contributed by atoms with van der Waals surface area (Å²) in [5.74, 6) is 1.25. The molecule has 1 heterocycles. The van der Waals surface area contributed by atoms with Gasteiger partial charge in [-0.3, -0.25) is 4.79 Å². The van der Waals surface area contributed by atoms with Gasteiger partial charge in [0.25, 0.3) is 5.91 Å². The second-order valence-electron chi connectivity index (χ2n) is 6.17. The fourth-order valence-corrected chi connectivity index (χ4v) is 2.41. The van der Waals surface area contributed by atoms with E-state index in [1.165, 1.54) is 0 Å². The lowest BCUT2D eigenvalue weighted by Crippen LogP contribution is -2.35. The first-order valence-corrected chi connectivity index (χ1v) is 8.42. The number of ether oxygens (including phenoxy) is 1. The molecule has 1 N–H and O–H groups in total. The number of carbonyl (C=O) groups is 1. The molecule has 6 nitrogen and oxygen atoms in total. The van der Waals surface area contributed by atoms with E-state index in [1.54, 1.807) is 6.92 Å². The van der Waals surface area contributed by atoms with E-state index >= 15 is 0 Å². The van der Waals surface area contributed by atoms with Crippen LogP contribution in [0.15, 0.2) is 53.1 Å². The van der Waals surface area contributed by atoms with Crippen LogP contribution in [0.3, 0.4) is 0 Å². The van der Waals surface area contributed by atoms with Crippen LogP contribution in [0.1, 0.15) is 23.9 Å². The van der Waals surface area contributed by atoms with Gasteiger partial charge in [-0.25, -0.2) is 0 Å². The molecule has 6 heteroatoms. The number of aryl methyl sites for hydroxylation is 2. The maximum absolute atomic E-state index is 12.2. The lowest BCUT2D eigenvalue weighted by Gasteiger charge is -2.14. The molecule has 134 valence electrons. The average molecular weight is 351 g/mol. The van der Waals surface area contributed by atoms with Gasteiger partial charge in [-0.05, 0) is 39.0 Å². The molecule has 2 aromatic carbocycles. The van der Waals surface area contributed by atoms with Crippen LogP contribution in [0.25, 0.3) is 11.4 Å². The smallest absolute Gasteiger partial charge is 0.261 e. The number of amides is 1. The van der Waals surface area contributed by atoms with E-state index in [-0.39, 0.29) is 12.5 Å². The maximum Gasteiger partial charge on any atom is 0.261 e. The Morgan fingerprint density at radius 1 is 1.15 bits per heavy atom. The number of carbonyl (C=O) groups excluding carboxylic acids is 1. The van der Waals surface area contributed by atoms with Crippen LogP contribution >= 0.6 is 0 Å². The van der Waals surface area contributed by atoms with Gasteiger partial charge in [0, 0.05) is 5.56 Å². The number of nitrogens with one attached hydrogen (secondary N) is 1. The quantitative estimate of drug-likeness (QED) is 0.736. The molecule has 1 atom stereocenters. The molecule has 0 aliphatic carbocycles. The van der Waals surface area contributed by atoms with Crippen LogP contribution in [0.5, 0.6) is 5.75 Å². The van der Waals surface area contributed by atoms with Crippen molar-refractivity contribution in [1.29, 1.82) is 0 Å². The Kier molecular flexibility index (Phi) is 5.31. The largest absolute Gasteiger partial charge is 0.481 e. The summed E-state index contributed by atoms with van der Waals surface area (Å²) in [5, 5.41) is 6.70. The molecule has 0 aliphatic rings. The van der Waals surface area contributed by atoms with Gasteiger partial charge in [-0.1, -0.05) is 46.6 Å². The summed E-state index contributed by atoms with van der Waals surface area (Å²) in [6, 6.07) is 15.4. The van der Waals surface area contributed by atoms with Crippen molar-refractivity contribution in [2.45, 2.75) is 33.4 Å². The van der Waals surface area contributed by atoms with Gasteiger partial charge in [-0.15, -0.1) is 0 Å². The summed E-state index contributed by atoms with van der Waals surface area (Å²) in [5.41, 5.74) is 3.13. The molecule has 0 fully saturated rings. The molecule has 0 spiro atoms. The van der Waals surface area contributed by atoms with E-state index in [4.69, 9.17) is 9.26 Å². The first-order chi connectivity index (χ1) is 12.5. The second kappa shape index (κ2) is 7.82. The summed E-state index contributed by atoms with van der Waals surface area (Å²) in [6.07, 6.45) is -0.628. The van der Waals surface area contributed by atoms with Crippen LogP contribution in [0, 0.1) is 13.8 Å². The molecule has 26 heavy (non-hydrogen) atoms. The summed E-state index contributed by atoms with van der Waals surface area (Å²) in [7, 11) is 0. The Morgan fingerprint density at radius 2 is 1.92 bits per heavy atom. The number of hydrogen-bond donors (Lipinski definition) is 1. The Labute approximate surface area is 152 Å². The number of aromatic nitrogens is 2. The Bertz CT molecular complexity index is 887. The minimum atomic E-state index is -0.628. The monoisotopic (exact) mass is 351 g/mol. The van der Waals surface area contributed by atoms with Gasteiger partial charge in [0.15, 0.2) is 6.10 Å². The van der Waals surface area contributed by atoms with E-state index in [2.05, 4.69) is 15.5 Å². The van der Waals surface area contributed by atoms with Crippen LogP contribution in [-0.4, -0.2) is 22.2 Å². The fourth-order valence-electron chi connectivity index (χ4n) is 2.41. The zero-order chi connectivity index (χ0) is 18.5. The molecule has 0 saturated carbocycles. The minimum Gasteiger partial charge on any atom is -0.481 e. The Hall–Kier alpha value is -3.15. The number of rotatable bonds is 6. The molecule has 0 radical (unpaired) electrons. The molecule has 0 aliphatic heterocycles. The molecule has 0 unspecified atom stereocenters. The van der Waals surface area contributed by atoms with Crippen molar-refractivity contribution in [2.24, 2.45) is 0 Å². The number of nitrogens with zero attached hydrogens (tertiary/aromatic N) is 2. The van der Waals surface area contributed by atoms with E-state index in [1.807, 2.05) is 62.4 Å². The van der Waals surface area contributed by atoms with Gasteiger partial charge in [0.05, 0.1) is 6.54 Å². The van der Waals surface area contributed by atoms with Crippen molar-refractivity contribution in [3.8, 4) is 17.1 Å². The standard InChI is InChI=1S/C20H21N3O3/c1-13-7-9-17(10-8-13)25-15(3)20(24)21-12-18-22-19(23-26-18)16-6-4-5-14(2)11-16/h4-11,15H,12H2,1-3H3,(H,21,24)/t15-/m0/s1. The fraction of sp³-hybridized carbons (Fsp3) is 0.250. The zero-order valence-corrected chi connectivity index (χ0v) is 15.0. The first kappa shape index (κ1) is 17.7. The third-order valence-corrected chi connectivity index (χ3v) is 3.86. The molecular formula is C20H21N3O3. The van der Waals surface area contributed by atoms with E-state index in [9.17, 15) is 4.79 Å². The first-order valence-electron chi connectivity index (χ1n) is 8.42. The van der Waals surface area contributed by atoms with Gasteiger partial charge < -0.3 is 14.6 Å². The van der Waals surface area contributed by atoms with Crippen molar-refractivity contribution in [2.75, 3.05) is 0 Å². The lowest BCUT2D eigenvalue weighted by atomic mass is 10.1. The normalized spacial score (nSPS) is 11.8. The Morgan fingerprint density at radius 3 is 2.65 bits per heavy atom. The molecule has 0 bridgehead atoms. The predicted octanol–water partition coefficient (Wildman–Crippen LogP) is 3.44. The molecule has 0 saturated heterocycles. The van der Waals surface area contributed by atoms with Crippen molar-refractivity contribution < 1.29 is 14.1 Å². The summed E-state index contributed by atoms with van der Waals surface area (Å²) >= 11 is 0. The van der Waals surface area contributed by atoms with Crippen molar-refractivity contribution in [1.82, 2.24) is 15.5 Å². The Balaban J connectivity index is 1.55. The second-order valence-corrected chi connectivity index (χ2v) is 6.17. The lowest BCUT2D eigenvalue weighted by molar-refractivity contribution is -0.127. The molecule has 3 rings (SSSR count). The van der Waals surface area contributed by atoms with E-state index in [0.29, 0.717) is 17.5 Å². The van der Waals surface area contributed by atoms with E-state index in [0.717, 1.165) is 16.7 Å². The summed E-state index contributed by atoms with van der Waals surface area (Å²) in [6.45, 7) is 5.84. The molecular weight excluding hydrogens is 330 g/mol. The highest BCUT2D eigenvalue weighted by molar-refractivity contribution is 5.80. The molecule has 1 aromatic heterocycles. The average Bonchev–Trinajstić information content (AvgIpc) is 3.10. The van der Waals surface area contributed by atoms with Crippen molar-refractivity contribution in [3.63, 3.8) is 0 Å². The number of hydrogen-bond acceptors (Lipinski definition) is 5. The molecule has 3 aromatic rings. The zero-order valence-electron chi connectivity index (χ0n) is 15.0. The maximum atomic E-state index is 12.2. The van der Waals surface area contributed by atoms with Crippen LogP contribution in [0.4, 0.5) is 0 Å². The third kappa shape index (κ3) is 4.47. The van der Waals surface area contributed by atoms with Gasteiger partial charge >= 0.3 is 0 Å². The highest BCUT2D eigenvalue weighted by Gasteiger charge is 2.16. The van der Waals surface area contributed by atoms with Crippen molar-refractivity contribution >= 4 is 5.91 Å².